The highest BCUT2D eigenvalue weighted by atomic mass is 35.5. The van der Waals surface area contributed by atoms with E-state index in [1.807, 2.05) is 43.3 Å². The van der Waals surface area contributed by atoms with Gasteiger partial charge in [-0.2, -0.15) is 0 Å². The van der Waals surface area contributed by atoms with Crippen molar-refractivity contribution >= 4 is 11.6 Å². The molecule has 2 aromatic rings. The molecule has 0 amide bonds. The Balaban J connectivity index is 2.13. The van der Waals surface area contributed by atoms with Gasteiger partial charge in [0.15, 0.2) is 11.5 Å². The van der Waals surface area contributed by atoms with Crippen LogP contribution in [0, 0.1) is 0 Å². The maximum atomic E-state index is 5.84. The lowest BCUT2D eigenvalue weighted by Crippen LogP contribution is -2.23. The summed E-state index contributed by atoms with van der Waals surface area (Å²) >= 11 is 5.84. The predicted molar refractivity (Wildman–Crippen MR) is 77.1 cm³/mol. The van der Waals surface area contributed by atoms with E-state index < -0.39 is 0 Å². The van der Waals surface area contributed by atoms with Crippen LogP contribution in [0.2, 0.25) is 5.02 Å². The summed E-state index contributed by atoms with van der Waals surface area (Å²) in [6, 6.07) is 14.7. The fourth-order valence-electron chi connectivity index (χ4n) is 1.50. The summed E-state index contributed by atoms with van der Waals surface area (Å²) in [5, 5.41) is 0.675. The Kier molecular flexibility index (Phi) is 4.66. The Bertz CT molecular complexity index is 526. The molecule has 2 rings (SSSR count). The molecule has 19 heavy (non-hydrogen) atoms. The highest BCUT2D eigenvalue weighted by Gasteiger charge is 2.06. The normalized spacial score (nSPS) is 11.9. The molecule has 4 heteroatoms. The molecule has 100 valence electrons. The van der Waals surface area contributed by atoms with E-state index in [4.69, 9.17) is 26.8 Å². The first-order valence-corrected chi connectivity index (χ1v) is 6.44. The average molecular weight is 278 g/mol. The van der Waals surface area contributed by atoms with Crippen molar-refractivity contribution in [1.29, 1.82) is 0 Å². The molecular weight excluding hydrogens is 262 g/mol. The number of hydrogen-bond acceptors (Lipinski definition) is 3. The van der Waals surface area contributed by atoms with E-state index in [0.717, 1.165) is 0 Å². The third kappa shape index (κ3) is 4.16. The molecule has 3 nitrogen and oxygen atoms in total. The molecule has 0 saturated heterocycles. The van der Waals surface area contributed by atoms with Gasteiger partial charge in [-0.05, 0) is 43.3 Å². The van der Waals surface area contributed by atoms with Gasteiger partial charge in [0.05, 0.1) is 0 Å². The Morgan fingerprint density at radius 3 is 2.32 bits per heavy atom. The summed E-state index contributed by atoms with van der Waals surface area (Å²) in [6.07, 6.45) is 0. The minimum atomic E-state index is -0.0245. The molecule has 0 aliphatic carbocycles. The first-order valence-electron chi connectivity index (χ1n) is 6.06. The van der Waals surface area contributed by atoms with Crippen LogP contribution in [-0.4, -0.2) is 12.6 Å². The van der Waals surface area contributed by atoms with E-state index in [0.29, 0.717) is 28.9 Å². The summed E-state index contributed by atoms with van der Waals surface area (Å²) in [5.74, 6) is 2.04. The maximum absolute atomic E-state index is 5.84. The van der Waals surface area contributed by atoms with Crippen LogP contribution in [0.15, 0.2) is 48.5 Å². The SMILES string of the molecule is C[C@@H](N)COc1ccccc1Oc1ccc(Cl)cc1. The number of para-hydroxylation sites is 2. The van der Waals surface area contributed by atoms with Gasteiger partial charge in [-0.3, -0.25) is 0 Å². The quantitative estimate of drug-likeness (QED) is 0.902. The standard InChI is InChI=1S/C15H16ClNO2/c1-11(17)10-18-14-4-2-3-5-15(14)19-13-8-6-12(16)7-9-13/h2-9,11H,10,17H2,1H3/t11-/m1/s1. The van der Waals surface area contributed by atoms with Crippen molar-refractivity contribution in [2.75, 3.05) is 6.61 Å². The molecule has 0 radical (unpaired) electrons. The molecule has 0 spiro atoms. The second kappa shape index (κ2) is 6.45. The summed E-state index contributed by atoms with van der Waals surface area (Å²) in [5.41, 5.74) is 5.68. The van der Waals surface area contributed by atoms with Gasteiger partial charge in [0, 0.05) is 11.1 Å². The third-order valence-corrected chi connectivity index (χ3v) is 2.64. The molecule has 0 bridgehead atoms. The van der Waals surface area contributed by atoms with Gasteiger partial charge in [-0.25, -0.2) is 0 Å². The fourth-order valence-corrected chi connectivity index (χ4v) is 1.63. The van der Waals surface area contributed by atoms with Crippen molar-refractivity contribution < 1.29 is 9.47 Å². The van der Waals surface area contributed by atoms with Crippen LogP contribution in [0.25, 0.3) is 0 Å². The predicted octanol–water partition coefficient (Wildman–Crippen LogP) is 3.86. The molecular formula is C15H16ClNO2. The van der Waals surface area contributed by atoms with Gasteiger partial charge in [-0.15, -0.1) is 0 Å². The van der Waals surface area contributed by atoms with E-state index in [9.17, 15) is 0 Å². The highest BCUT2D eigenvalue weighted by molar-refractivity contribution is 6.30. The summed E-state index contributed by atoms with van der Waals surface area (Å²) in [4.78, 5) is 0. The van der Waals surface area contributed by atoms with Crippen molar-refractivity contribution in [2.24, 2.45) is 5.73 Å². The number of benzene rings is 2. The lowest BCUT2D eigenvalue weighted by atomic mass is 10.3. The highest BCUT2D eigenvalue weighted by Crippen LogP contribution is 2.31. The molecule has 0 fully saturated rings. The van der Waals surface area contributed by atoms with Crippen LogP contribution in [0.5, 0.6) is 17.2 Å². The molecule has 0 aliphatic rings. The van der Waals surface area contributed by atoms with Gasteiger partial charge in [0.1, 0.15) is 12.4 Å². The molecule has 0 aromatic heterocycles. The zero-order chi connectivity index (χ0) is 13.7. The molecule has 0 unspecified atom stereocenters. The Morgan fingerprint density at radius 1 is 1.05 bits per heavy atom. The average Bonchev–Trinajstić information content (AvgIpc) is 2.40. The molecule has 0 heterocycles. The number of nitrogens with two attached hydrogens (primary N) is 1. The summed E-state index contributed by atoms with van der Waals surface area (Å²) in [6.45, 7) is 2.34. The summed E-state index contributed by atoms with van der Waals surface area (Å²) in [7, 11) is 0. The van der Waals surface area contributed by atoms with Crippen molar-refractivity contribution in [3.05, 3.63) is 53.6 Å². The molecule has 2 N–H and O–H groups in total. The molecule has 0 saturated carbocycles. The number of rotatable bonds is 5. The van der Waals surface area contributed by atoms with Gasteiger partial charge >= 0.3 is 0 Å². The number of ether oxygens (including phenoxy) is 2. The van der Waals surface area contributed by atoms with E-state index in [1.165, 1.54) is 0 Å². The van der Waals surface area contributed by atoms with Gasteiger partial charge in [-0.1, -0.05) is 23.7 Å². The van der Waals surface area contributed by atoms with Crippen LogP contribution in [0.1, 0.15) is 6.92 Å². The van der Waals surface area contributed by atoms with Gasteiger partial charge in [0.25, 0.3) is 0 Å². The Labute approximate surface area is 117 Å². The monoisotopic (exact) mass is 277 g/mol. The second-order valence-corrected chi connectivity index (χ2v) is 4.73. The fraction of sp³-hybridized carbons (Fsp3) is 0.200. The van der Waals surface area contributed by atoms with Crippen molar-refractivity contribution in [1.82, 2.24) is 0 Å². The Morgan fingerprint density at radius 2 is 1.68 bits per heavy atom. The summed E-state index contributed by atoms with van der Waals surface area (Å²) < 4.78 is 11.4. The lowest BCUT2D eigenvalue weighted by Gasteiger charge is -2.13. The molecule has 1 atom stereocenters. The van der Waals surface area contributed by atoms with Crippen molar-refractivity contribution in [2.45, 2.75) is 13.0 Å². The third-order valence-electron chi connectivity index (χ3n) is 2.39. The first kappa shape index (κ1) is 13.7. The second-order valence-electron chi connectivity index (χ2n) is 4.29. The smallest absolute Gasteiger partial charge is 0.169 e. The zero-order valence-electron chi connectivity index (χ0n) is 10.7. The van der Waals surface area contributed by atoms with Crippen molar-refractivity contribution in [3.8, 4) is 17.2 Å². The minimum Gasteiger partial charge on any atom is -0.488 e. The van der Waals surface area contributed by atoms with Crippen LogP contribution in [-0.2, 0) is 0 Å². The minimum absolute atomic E-state index is 0.0245. The van der Waals surface area contributed by atoms with Crippen molar-refractivity contribution in [3.63, 3.8) is 0 Å². The van der Waals surface area contributed by atoms with Crippen LogP contribution >= 0.6 is 11.6 Å². The maximum Gasteiger partial charge on any atom is 0.169 e. The number of hydrogen-bond donors (Lipinski definition) is 1. The van der Waals surface area contributed by atoms with E-state index in [2.05, 4.69) is 0 Å². The van der Waals surface area contributed by atoms with Gasteiger partial charge in [0.2, 0.25) is 0 Å². The van der Waals surface area contributed by atoms with Crippen LogP contribution < -0.4 is 15.2 Å². The van der Waals surface area contributed by atoms with E-state index >= 15 is 0 Å². The zero-order valence-corrected chi connectivity index (χ0v) is 11.4. The largest absolute Gasteiger partial charge is 0.488 e. The molecule has 0 aliphatic heterocycles. The Hall–Kier alpha value is -1.71. The number of halogens is 1. The lowest BCUT2D eigenvalue weighted by molar-refractivity contribution is 0.284. The molecule has 2 aromatic carbocycles. The van der Waals surface area contributed by atoms with E-state index in [-0.39, 0.29) is 6.04 Å². The van der Waals surface area contributed by atoms with Gasteiger partial charge < -0.3 is 15.2 Å². The van der Waals surface area contributed by atoms with Crippen LogP contribution in [0.3, 0.4) is 0 Å². The first-order chi connectivity index (χ1) is 9.15. The van der Waals surface area contributed by atoms with Crippen LogP contribution in [0.4, 0.5) is 0 Å². The van der Waals surface area contributed by atoms with E-state index in [1.54, 1.807) is 12.1 Å². The topological polar surface area (TPSA) is 44.5 Å².